The van der Waals surface area contributed by atoms with Crippen LogP contribution in [0.2, 0.25) is 0 Å². The van der Waals surface area contributed by atoms with Crippen molar-refractivity contribution >= 4 is 10.0 Å². The maximum absolute atomic E-state index is 12.4. The number of nitrogens with one attached hydrogen (secondary N) is 2. The van der Waals surface area contributed by atoms with Crippen molar-refractivity contribution in [3.8, 4) is 0 Å². The Morgan fingerprint density at radius 1 is 1.30 bits per heavy atom. The second-order valence-electron chi connectivity index (χ2n) is 6.54. The van der Waals surface area contributed by atoms with Crippen molar-refractivity contribution in [3.63, 3.8) is 0 Å². The Hall–Kier alpha value is -0.920. The minimum atomic E-state index is -3.50. The first-order valence-corrected chi connectivity index (χ1v) is 8.30. The van der Waals surface area contributed by atoms with E-state index >= 15 is 0 Å². The molecule has 1 saturated carbocycles. The van der Waals surface area contributed by atoms with Crippen LogP contribution in [-0.4, -0.2) is 37.8 Å². The predicted molar refractivity (Wildman–Crippen MR) is 77.8 cm³/mol. The number of likely N-dealkylation sites (N-methyl/N-ethyl adjacent to an activating group) is 1. The van der Waals surface area contributed by atoms with E-state index in [9.17, 15) is 8.42 Å². The minimum absolute atomic E-state index is 0.0256. The molecule has 2 rings (SSSR count). The monoisotopic (exact) mass is 300 g/mol. The smallest absolute Gasteiger partial charge is 0.243 e. The Bertz CT molecular complexity index is 575. The van der Waals surface area contributed by atoms with E-state index in [0.717, 1.165) is 6.54 Å². The molecule has 6 nitrogen and oxygen atoms in total. The Morgan fingerprint density at radius 2 is 1.90 bits per heavy atom. The molecule has 0 atom stereocenters. The third kappa shape index (κ3) is 2.49. The first-order valence-electron chi connectivity index (χ1n) is 6.82. The van der Waals surface area contributed by atoms with Crippen LogP contribution in [-0.2, 0) is 16.6 Å². The summed E-state index contributed by atoms with van der Waals surface area (Å²) < 4.78 is 29.2. The van der Waals surface area contributed by atoms with E-state index in [1.54, 1.807) is 10.9 Å². The highest BCUT2D eigenvalue weighted by Crippen LogP contribution is 2.62. The Balaban J connectivity index is 2.10. The molecule has 1 aromatic heterocycles. The number of sulfonamides is 1. The summed E-state index contributed by atoms with van der Waals surface area (Å²) in [7, 11) is -1.65. The van der Waals surface area contributed by atoms with E-state index in [-0.39, 0.29) is 21.8 Å². The van der Waals surface area contributed by atoms with E-state index < -0.39 is 10.0 Å². The molecule has 0 unspecified atom stereocenters. The van der Waals surface area contributed by atoms with Gasteiger partial charge in [-0.3, -0.25) is 4.68 Å². The molecule has 0 radical (unpaired) electrons. The molecule has 1 aliphatic carbocycles. The summed E-state index contributed by atoms with van der Waals surface area (Å²) >= 11 is 0. The highest BCUT2D eigenvalue weighted by Gasteiger charge is 2.66. The van der Waals surface area contributed by atoms with Crippen molar-refractivity contribution in [2.75, 3.05) is 13.6 Å². The van der Waals surface area contributed by atoms with Gasteiger partial charge >= 0.3 is 0 Å². The average molecular weight is 300 g/mol. The molecule has 0 saturated heterocycles. The molecule has 1 aromatic rings. The van der Waals surface area contributed by atoms with Gasteiger partial charge in [0, 0.05) is 18.8 Å². The third-order valence-corrected chi connectivity index (χ3v) is 6.18. The topological polar surface area (TPSA) is 76.0 Å². The fourth-order valence-corrected chi connectivity index (χ4v) is 4.03. The van der Waals surface area contributed by atoms with Crippen molar-refractivity contribution in [1.29, 1.82) is 0 Å². The van der Waals surface area contributed by atoms with Gasteiger partial charge in [0.15, 0.2) is 0 Å². The molecule has 0 amide bonds. The van der Waals surface area contributed by atoms with Crippen LogP contribution in [0.3, 0.4) is 0 Å². The Morgan fingerprint density at radius 3 is 2.40 bits per heavy atom. The summed E-state index contributed by atoms with van der Waals surface area (Å²) in [6.07, 6.45) is 2.97. The van der Waals surface area contributed by atoms with Crippen LogP contribution in [0.25, 0.3) is 0 Å². The second-order valence-corrected chi connectivity index (χ2v) is 8.25. The van der Waals surface area contributed by atoms with E-state index in [1.807, 2.05) is 7.05 Å². The van der Waals surface area contributed by atoms with Gasteiger partial charge in [-0.25, -0.2) is 13.1 Å². The van der Waals surface area contributed by atoms with E-state index in [2.05, 4.69) is 42.8 Å². The number of nitrogens with zero attached hydrogens (tertiary/aromatic N) is 2. The van der Waals surface area contributed by atoms with Gasteiger partial charge < -0.3 is 5.32 Å². The standard InChI is InChI=1S/C13H24N4O2S/c1-12(2)11(13(12,3)4)16-20(18,19)10-8-15-17(9-10)7-6-14-5/h8-9,11,14,16H,6-7H2,1-5H3. The van der Waals surface area contributed by atoms with Gasteiger partial charge in [-0.15, -0.1) is 0 Å². The summed E-state index contributed by atoms with van der Waals surface area (Å²) in [5.74, 6) is 0. The lowest BCUT2D eigenvalue weighted by Crippen LogP contribution is -2.29. The van der Waals surface area contributed by atoms with E-state index in [1.165, 1.54) is 6.20 Å². The lowest BCUT2D eigenvalue weighted by molar-refractivity contribution is 0.457. The summed E-state index contributed by atoms with van der Waals surface area (Å²) in [6.45, 7) is 9.71. The van der Waals surface area contributed by atoms with Gasteiger partial charge in [0.1, 0.15) is 4.90 Å². The molecule has 114 valence electrons. The molecule has 2 N–H and O–H groups in total. The SMILES string of the molecule is CNCCn1cc(S(=O)(=O)NC2C(C)(C)C2(C)C)cn1. The Kier molecular flexibility index (Phi) is 3.73. The summed E-state index contributed by atoms with van der Waals surface area (Å²) in [5.41, 5.74) is -0.0512. The molecule has 0 spiro atoms. The maximum Gasteiger partial charge on any atom is 0.243 e. The number of hydrogen-bond acceptors (Lipinski definition) is 4. The summed E-state index contributed by atoms with van der Waals surface area (Å²) in [4.78, 5) is 0.229. The molecule has 20 heavy (non-hydrogen) atoms. The van der Waals surface area contributed by atoms with E-state index in [4.69, 9.17) is 0 Å². The molecule has 1 aliphatic rings. The van der Waals surface area contributed by atoms with Gasteiger partial charge in [0.2, 0.25) is 10.0 Å². The van der Waals surface area contributed by atoms with Crippen LogP contribution in [0.4, 0.5) is 0 Å². The first-order chi connectivity index (χ1) is 9.13. The van der Waals surface area contributed by atoms with Crippen LogP contribution in [0.1, 0.15) is 27.7 Å². The van der Waals surface area contributed by atoms with Crippen LogP contribution >= 0.6 is 0 Å². The molecule has 0 aliphatic heterocycles. The molecule has 1 fully saturated rings. The fourth-order valence-electron chi connectivity index (χ4n) is 2.55. The molecule has 0 aromatic carbocycles. The molecular formula is C13H24N4O2S. The molecular weight excluding hydrogens is 276 g/mol. The quantitative estimate of drug-likeness (QED) is 0.815. The third-order valence-electron chi connectivity index (χ3n) is 4.80. The van der Waals surface area contributed by atoms with Gasteiger partial charge in [0.25, 0.3) is 0 Å². The van der Waals surface area contributed by atoms with Gasteiger partial charge in [-0.1, -0.05) is 27.7 Å². The van der Waals surface area contributed by atoms with Crippen molar-refractivity contribution in [3.05, 3.63) is 12.4 Å². The summed E-state index contributed by atoms with van der Waals surface area (Å²) in [6, 6.07) is -0.0411. The first kappa shape index (κ1) is 15.5. The molecule has 1 heterocycles. The fraction of sp³-hybridized carbons (Fsp3) is 0.769. The van der Waals surface area contributed by atoms with Crippen molar-refractivity contribution in [1.82, 2.24) is 19.8 Å². The number of rotatable bonds is 6. The van der Waals surface area contributed by atoms with Crippen LogP contribution < -0.4 is 10.0 Å². The normalized spacial score (nSPS) is 21.1. The van der Waals surface area contributed by atoms with Gasteiger partial charge in [-0.2, -0.15) is 5.10 Å². The van der Waals surface area contributed by atoms with Crippen LogP contribution in [0.5, 0.6) is 0 Å². The number of hydrogen-bond donors (Lipinski definition) is 2. The zero-order chi connectivity index (χ0) is 15.2. The molecule has 0 bridgehead atoms. The largest absolute Gasteiger partial charge is 0.318 e. The van der Waals surface area contributed by atoms with Crippen LogP contribution in [0.15, 0.2) is 17.3 Å². The van der Waals surface area contributed by atoms with Crippen molar-refractivity contribution in [2.45, 2.75) is 45.2 Å². The van der Waals surface area contributed by atoms with Crippen molar-refractivity contribution < 1.29 is 8.42 Å². The van der Waals surface area contributed by atoms with E-state index in [0.29, 0.717) is 6.54 Å². The lowest BCUT2D eigenvalue weighted by atomic mass is 10.0. The Labute approximate surface area is 121 Å². The highest BCUT2D eigenvalue weighted by molar-refractivity contribution is 7.89. The lowest BCUT2D eigenvalue weighted by Gasteiger charge is -2.06. The maximum atomic E-state index is 12.4. The van der Waals surface area contributed by atoms with Crippen molar-refractivity contribution in [2.24, 2.45) is 10.8 Å². The highest BCUT2D eigenvalue weighted by atomic mass is 32.2. The predicted octanol–water partition coefficient (Wildman–Crippen LogP) is 0.815. The zero-order valence-corrected chi connectivity index (χ0v) is 13.6. The average Bonchev–Trinajstić information content (AvgIpc) is 2.78. The minimum Gasteiger partial charge on any atom is -0.318 e. The molecule has 7 heteroatoms. The second kappa shape index (κ2) is 4.82. The van der Waals surface area contributed by atoms with Gasteiger partial charge in [-0.05, 0) is 17.9 Å². The summed E-state index contributed by atoms with van der Waals surface area (Å²) in [5, 5.41) is 7.08. The zero-order valence-electron chi connectivity index (χ0n) is 12.8. The van der Waals surface area contributed by atoms with Crippen LogP contribution in [0, 0.1) is 10.8 Å². The number of aromatic nitrogens is 2. The van der Waals surface area contributed by atoms with Gasteiger partial charge in [0.05, 0.1) is 12.7 Å².